The topological polar surface area (TPSA) is 167 Å². The molecule has 4 heterocycles. The fourth-order valence-electron chi connectivity index (χ4n) is 12.2. The Labute approximate surface area is 549 Å². The maximum Gasteiger partial charge on any atom is 0.414 e. The number of halogens is 2. The first-order valence-corrected chi connectivity index (χ1v) is 48.1. The van der Waals surface area contributed by atoms with Gasteiger partial charge in [0.15, 0.2) is 23.3 Å². The average molecular weight is 1340 g/mol. The zero-order valence-corrected chi connectivity index (χ0v) is 63.7. The van der Waals surface area contributed by atoms with Crippen molar-refractivity contribution in [3.8, 4) is 23.0 Å². The van der Waals surface area contributed by atoms with Crippen LogP contribution in [0.25, 0.3) is 45.1 Å². The van der Waals surface area contributed by atoms with Crippen molar-refractivity contribution in [2.75, 3.05) is 50.3 Å². The summed E-state index contributed by atoms with van der Waals surface area (Å²) in [4.78, 5) is 38.3. The molecule has 0 bridgehead atoms. The van der Waals surface area contributed by atoms with Crippen LogP contribution in [0.2, 0.25) is 103 Å². The molecule has 4 atom stereocenters. The van der Waals surface area contributed by atoms with Crippen molar-refractivity contribution < 1.29 is 46.8 Å². The largest absolute Gasteiger partial charge is 0.443 e. The Kier molecular flexibility index (Phi) is 20.5. The third-order valence-corrected chi connectivity index (χ3v) is 25.2. The molecule has 0 unspecified atom stereocenters. The molecule has 6 aromatic rings. The second kappa shape index (κ2) is 26.5. The molecule has 2 saturated carbocycles. The summed E-state index contributed by atoms with van der Waals surface area (Å²) in [5, 5.41) is 10.3. The minimum atomic E-state index is -1.33. The smallest absolute Gasteiger partial charge is 0.414 e. The molecule has 4 aromatic heterocycles. The van der Waals surface area contributed by atoms with E-state index in [-0.39, 0.29) is 19.0 Å². The Balaban J connectivity index is 0.000000217. The van der Waals surface area contributed by atoms with Crippen LogP contribution in [0, 0.1) is 34.3 Å². The number of nitrogens with zero attached hydrogens (tertiary/aromatic N) is 10. The van der Waals surface area contributed by atoms with Crippen molar-refractivity contribution >= 4 is 77.9 Å². The molecular formula is C68H108F2N10O8Si4. The summed E-state index contributed by atoms with van der Waals surface area (Å²) in [5.41, 5.74) is 7.84. The molecule has 0 aliphatic heterocycles. The first-order chi connectivity index (χ1) is 42.5. The van der Waals surface area contributed by atoms with E-state index >= 15 is 8.78 Å². The van der Waals surface area contributed by atoms with Crippen molar-refractivity contribution in [2.24, 2.45) is 22.7 Å². The number of aromatic nitrogens is 8. The van der Waals surface area contributed by atoms with E-state index in [2.05, 4.69) is 92.4 Å². The number of ether oxygens (including phenoxy) is 6. The lowest BCUT2D eigenvalue weighted by molar-refractivity contribution is 0.0578. The second-order valence-corrected chi connectivity index (χ2v) is 56.7. The highest BCUT2D eigenvalue weighted by Crippen LogP contribution is 2.61. The van der Waals surface area contributed by atoms with Gasteiger partial charge in [0.1, 0.15) is 60.5 Å². The van der Waals surface area contributed by atoms with Crippen molar-refractivity contribution in [3.05, 3.63) is 58.4 Å². The Bertz CT molecular complexity index is 3580. The molecule has 2 fully saturated rings. The van der Waals surface area contributed by atoms with Crippen LogP contribution in [0.1, 0.15) is 90.7 Å². The normalized spacial score (nSPS) is 19.7. The van der Waals surface area contributed by atoms with Crippen molar-refractivity contribution in [1.29, 1.82) is 0 Å². The standard InChI is InChI=1S/2C34H54FN5O4Si2/c1-33(2,3)44-32(41)38(5)24-17-26(35)30-27(18-24)39(21-42-12-14-45(6,7)8)31(36-30)29-25-16-23-19-34(23,4)20-28(25)40(37-29)22-43-13-15-46(9,10)11;1-33(2,3)44-32(41)38(5)24-17-26(35)30-27(18-24)36-31(39(30)21-42-12-14-45(6,7)8)29-25-16-23-19-34(23,4)20-28(25)40(37-29)22-43-13-15-46(9,10)11/h2*17-18,23H,12-16,19-22H2,1-11H3/t2*23-,34-/m11/s1. The van der Waals surface area contributed by atoms with Crippen LogP contribution in [0.4, 0.5) is 29.7 Å². The number of carbonyl (C=O) groups is 2. The zero-order chi connectivity index (χ0) is 67.6. The number of hydrogen-bond acceptors (Lipinski definition) is 12. The van der Waals surface area contributed by atoms with Crippen LogP contribution in [0.5, 0.6) is 0 Å². The van der Waals surface area contributed by atoms with Gasteiger partial charge in [-0.2, -0.15) is 10.2 Å². The summed E-state index contributed by atoms with van der Waals surface area (Å²) < 4.78 is 75.8. The van der Waals surface area contributed by atoms with E-state index in [1.165, 1.54) is 57.3 Å². The summed E-state index contributed by atoms with van der Waals surface area (Å²) in [5.74, 6) is 1.40. The summed E-state index contributed by atoms with van der Waals surface area (Å²) in [6.45, 7) is 47.3. The van der Waals surface area contributed by atoms with Gasteiger partial charge in [0.05, 0.1) is 22.4 Å². The van der Waals surface area contributed by atoms with Crippen LogP contribution in [0.3, 0.4) is 0 Å². The van der Waals surface area contributed by atoms with Crippen molar-refractivity contribution in [2.45, 2.75) is 235 Å². The number of carbonyl (C=O) groups excluding carboxylic acids is 2. The highest BCUT2D eigenvalue weighted by Gasteiger charge is 2.55. The van der Waals surface area contributed by atoms with Crippen LogP contribution in [0.15, 0.2) is 24.3 Å². The Morgan fingerprint density at radius 1 is 0.554 bits per heavy atom. The average Bonchev–Trinajstić information content (AvgIpc) is 1.56. The number of anilines is 2. The lowest BCUT2D eigenvalue weighted by Crippen LogP contribution is -2.34. The van der Waals surface area contributed by atoms with Gasteiger partial charge in [-0.05, 0) is 139 Å². The zero-order valence-electron chi connectivity index (χ0n) is 59.7. The maximum absolute atomic E-state index is 16.1. The quantitative estimate of drug-likeness (QED) is 0.0416. The summed E-state index contributed by atoms with van der Waals surface area (Å²) in [6.07, 6.45) is 5.02. The molecule has 0 N–H and O–H groups in total. The highest BCUT2D eigenvalue weighted by atomic mass is 28.3. The Morgan fingerprint density at radius 2 is 0.935 bits per heavy atom. The van der Waals surface area contributed by atoms with Gasteiger partial charge in [0, 0.05) is 107 Å². The number of rotatable bonds is 24. The lowest BCUT2D eigenvalue weighted by atomic mass is 9.87. The summed E-state index contributed by atoms with van der Waals surface area (Å²) >= 11 is 0. The molecule has 2 aromatic carbocycles. The van der Waals surface area contributed by atoms with E-state index in [4.69, 9.17) is 48.6 Å². The first-order valence-electron chi connectivity index (χ1n) is 33.3. The van der Waals surface area contributed by atoms with Gasteiger partial charge >= 0.3 is 12.2 Å². The van der Waals surface area contributed by atoms with E-state index in [1.807, 2.05) is 39.3 Å². The van der Waals surface area contributed by atoms with Gasteiger partial charge in [-0.3, -0.25) is 18.9 Å². The Morgan fingerprint density at radius 3 is 1.35 bits per heavy atom. The summed E-state index contributed by atoms with van der Waals surface area (Å²) in [7, 11) is -1.93. The van der Waals surface area contributed by atoms with E-state index in [0.717, 1.165) is 61.2 Å². The molecule has 92 heavy (non-hydrogen) atoms. The van der Waals surface area contributed by atoms with E-state index in [9.17, 15) is 9.59 Å². The predicted octanol–water partition coefficient (Wildman–Crippen LogP) is 16.3. The molecular weight excluding hydrogens is 1240 g/mol. The van der Waals surface area contributed by atoms with E-state index in [1.54, 1.807) is 47.0 Å². The molecule has 24 heteroatoms. The van der Waals surface area contributed by atoms with Crippen molar-refractivity contribution in [1.82, 2.24) is 38.7 Å². The molecule has 4 aliphatic rings. The molecule has 0 radical (unpaired) electrons. The van der Waals surface area contributed by atoms with Gasteiger partial charge in [0.2, 0.25) is 0 Å². The third kappa shape index (κ3) is 17.5. The number of fused-ring (bicyclic) bond motifs is 6. The molecule has 4 aliphatic carbocycles. The molecule has 18 nitrogen and oxygen atoms in total. The minimum absolute atomic E-state index is 0.157. The minimum Gasteiger partial charge on any atom is -0.443 e. The molecule has 2 amide bonds. The molecule has 508 valence electrons. The maximum atomic E-state index is 16.1. The number of hydrogen-bond donors (Lipinski definition) is 0. The monoisotopic (exact) mass is 1340 g/mol. The van der Waals surface area contributed by atoms with Gasteiger partial charge in [-0.15, -0.1) is 0 Å². The molecule has 0 saturated heterocycles. The SMILES string of the molecule is CN(C(=O)OC(C)(C)C)c1cc(F)c2c(c1)nc(-c1nn(COCC[Si](C)(C)C)c3c1C[C@@H]1C[C@]1(C)C3)n2COCC[Si](C)(C)C.CN(C(=O)OC(C)(C)C)c1cc(F)c2nc(-c3nn(COCC[Si](C)(C)C)c4c3C[C@@H]3C[C@]3(C)C4)n(COCC[Si](C)(C)C)c2c1. The number of amides is 2. The van der Waals surface area contributed by atoms with Crippen LogP contribution in [-0.4, -0.2) is 135 Å². The van der Waals surface area contributed by atoms with Gasteiger partial charge in [0.25, 0.3) is 0 Å². The fourth-order valence-corrected chi connectivity index (χ4v) is 15.2. The van der Waals surface area contributed by atoms with Gasteiger partial charge < -0.3 is 28.4 Å². The second-order valence-electron chi connectivity index (χ2n) is 34.2. The fraction of sp³-hybridized carbons (Fsp3) is 0.676. The highest BCUT2D eigenvalue weighted by molar-refractivity contribution is 6.77. The van der Waals surface area contributed by atoms with E-state index < -0.39 is 67.3 Å². The lowest BCUT2D eigenvalue weighted by Gasteiger charge is -2.24. The van der Waals surface area contributed by atoms with Crippen LogP contribution in [-0.2, 0) is 81.0 Å². The van der Waals surface area contributed by atoms with Gasteiger partial charge in [-0.25, -0.2) is 37.7 Å². The predicted molar refractivity (Wildman–Crippen MR) is 375 cm³/mol. The molecule has 10 rings (SSSR count). The Hall–Kier alpha value is -5.09. The van der Waals surface area contributed by atoms with Gasteiger partial charge in [-0.1, -0.05) is 92.4 Å². The van der Waals surface area contributed by atoms with Crippen molar-refractivity contribution in [3.63, 3.8) is 0 Å². The molecule has 0 spiro atoms. The number of imidazole rings is 2. The van der Waals surface area contributed by atoms with Crippen LogP contribution >= 0.6 is 0 Å². The number of benzene rings is 2. The third-order valence-electron chi connectivity index (χ3n) is 18.4. The van der Waals surface area contributed by atoms with Crippen LogP contribution < -0.4 is 9.80 Å². The summed E-state index contributed by atoms with van der Waals surface area (Å²) in [6, 6.07) is 10.4. The first kappa shape index (κ1) is 71.2. The van der Waals surface area contributed by atoms with E-state index in [0.29, 0.717) is 102 Å².